The van der Waals surface area contributed by atoms with Crippen molar-refractivity contribution in [2.45, 2.75) is 12.8 Å². The maximum absolute atomic E-state index is 11.2. The summed E-state index contributed by atoms with van der Waals surface area (Å²) in [6, 6.07) is 7.86. The lowest BCUT2D eigenvalue weighted by molar-refractivity contribution is -0.143. The van der Waals surface area contributed by atoms with Gasteiger partial charge in [0.15, 0.2) is 0 Å². The molecular formula is C12H14BrNO3. The first-order valence-corrected chi connectivity index (χ1v) is 5.99. The van der Waals surface area contributed by atoms with Crippen LogP contribution in [0.25, 0.3) is 0 Å². The summed E-state index contributed by atoms with van der Waals surface area (Å²) in [6.45, 7) is 0.506. The Morgan fingerprint density at radius 3 is 2.82 bits per heavy atom. The zero-order valence-corrected chi connectivity index (χ0v) is 11.1. The number of hydrogen-bond donors (Lipinski definition) is 1. The molecule has 0 fully saturated rings. The number of methoxy groups -OCH3 is 1. The summed E-state index contributed by atoms with van der Waals surface area (Å²) in [5, 5.41) is 2.66. The third-order valence-corrected chi connectivity index (χ3v) is 2.65. The molecule has 0 aliphatic rings. The highest BCUT2D eigenvalue weighted by atomic mass is 79.9. The van der Waals surface area contributed by atoms with Crippen molar-refractivity contribution in [2.75, 3.05) is 13.7 Å². The van der Waals surface area contributed by atoms with E-state index in [9.17, 15) is 9.59 Å². The average Bonchev–Trinajstić information content (AvgIpc) is 2.29. The van der Waals surface area contributed by atoms with Crippen molar-refractivity contribution in [2.24, 2.45) is 0 Å². The predicted octanol–water partition coefficient (Wildman–Crippen LogP) is 1.67. The quantitative estimate of drug-likeness (QED) is 0.665. The highest BCUT2D eigenvalue weighted by Gasteiger charge is 2.08. The molecule has 0 aromatic heterocycles. The van der Waals surface area contributed by atoms with Gasteiger partial charge in [-0.2, -0.15) is 0 Å². The number of amides is 1. The Hall–Kier alpha value is -1.36. The molecule has 0 unspecified atom stereocenters. The van der Waals surface area contributed by atoms with Gasteiger partial charge >= 0.3 is 5.97 Å². The molecular weight excluding hydrogens is 286 g/mol. The van der Waals surface area contributed by atoms with E-state index in [4.69, 9.17) is 0 Å². The molecule has 1 aromatic carbocycles. The van der Waals surface area contributed by atoms with Gasteiger partial charge in [-0.25, -0.2) is 0 Å². The van der Waals surface area contributed by atoms with Gasteiger partial charge in [0.25, 0.3) is 0 Å². The molecule has 0 bridgehead atoms. The third kappa shape index (κ3) is 5.49. The van der Waals surface area contributed by atoms with Gasteiger partial charge in [0.1, 0.15) is 6.42 Å². The number of halogens is 1. The van der Waals surface area contributed by atoms with E-state index in [-0.39, 0.29) is 12.3 Å². The van der Waals surface area contributed by atoms with Crippen LogP contribution in [0, 0.1) is 0 Å². The van der Waals surface area contributed by atoms with Crippen molar-refractivity contribution in [3.8, 4) is 0 Å². The van der Waals surface area contributed by atoms with Crippen LogP contribution < -0.4 is 5.32 Å². The summed E-state index contributed by atoms with van der Waals surface area (Å²) in [5.41, 5.74) is 1.12. The number of carbonyl (C=O) groups is 2. The van der Waals surface area contributed by atoms with E-state index in [0.717, 1.165) is 16.5 Å². The summed E-state index contributed by atoms with van der Waals surface area (Å²) in [7, 11) is 1.26. The minimum absolute atomic E-state index is 0.227. The number of benzene rings is 1. The van der Waals surface area contributed by atoms with Gasteiger partial charge in [0.2, 0.25) is 5.91 Å². The van der Waals surface area contributed by atoms with E-state index in [2.05, 4.69) is 26.0 Å². The van der Waals surface area contributed by atoms with E-state index >= 15 is 0 Å². The van der Waals surface area contributed by atoms with Crippen LogP contribution in [0.4, 0.5) is 0 Å². The zero-order valence-electron chi connectivity index (χ0n) is 9.53. The van der Waals surface area contributed by atoms with Crippen LogP contribution in [-0.4, -0.2) is 25.5 Å². The lowest BCUT2D eigenvalue weighted by atomic mass is 10.1. The molecule has 0 spiro atoms. The first-order valence-electron chi connectivity index (χ1n) is 5.20. The summed E-state index contributed by atoms with van der Waals surface area (Å²) < 4.78 is 5.41. The Balaban J connectivity index is 2.28. The fourth-order valence-electron chi connectivity index (χ4n) is 1.30. The standard InChI is InChI=1S/C12H14BrNO3/c1-17-12(16)8-11(15)14-6-5-9-3-2-4-10(13)7-9/h2-4,7H,5-6,8H2,1H3,(H,14,15). The summed E-state index contributed by atoms with van der Waals surface area (Å²) in [6.07, 6.45) is 0.501. The Morgan fingerprint density at radius 1 is 1.41 bits per heavy atom. The molecule has 0 atom stereocenters. The lowest BCUT2D eigenvalue weighted by Gasteiger charge is -2.05. The van der Waals surface area contributed by atoms with Gasteiger partial charge in [-0.3, -0.25) is 9.59 Å². The van der Waals surface area contributed by atoms with E-state index in [1.165, 1.54) is 7.11 Å². The van der Waals surface area contributed by atoms with Crippen molar-refractivity contribution in [3.05, 3.63) is 34.3 Å². The van der Waals surface area contributed by atoms with Crippen molar-refractivity contribution in [1.29, 1.82) is 0 Å². The number of rotatable bonds is 5. The summed E-state index contributed by atoms with van der Waals surface area (Å²) >= 11 is 3.38. The molecule has 0 aliphatic carbocycles. The molecule has 0 saturated heterocycles. The molecule has 4 nitrogen and oxygen atoms in total. The lowest BCUT2D eigenvalue weighted by Crippen LogP contribution is -2.28. The van der Waals surface area contributed by atoms with Crippen LogP contribution in [0.1, 0.15) is 12.0 Å². The molecule has 0 saturated carbocycles. The Kier molecular flexibility index (Phi) is 5.69. The second kappa shape index (κ2) is 7.06. The Morgan fingerprint density at radius 2 is 2.18 bits per heavy atom. The SMILES string of the molecule is COC(=O)CC(=O)NCCc1cccc(Br)c1. The van der Waals surface area contributed by atoms with Gasteiger partial charge in [0.05, 0.1) is 7.11 Å². The van der Waals surface area contributed by atoms with Gasteiger partial charge < -0.3 is 10.1 Å². The van der Waals surface area contributed by atoms with Gasteiger partial charge in [-0.05, 0) is 24.1 Å². The average molecular weight is 300 g/mol. The number of nitrogens with one attached hydrogen (secondary N) is 1. The summed E-state index contributed by atoms with van der Waals surface area (Å²) in [5.74, 6) is -0.836. The molecule has 0 heterocycles. The number of carbonyl (C=O) groups excluding carboxylic acids is 2. The Labute approximate surface area is 108 Å². The van der Waals surface area contributed by atoms with Crippen LogP contribution in [0.2, 0.25) is 0 Å². The van der Waals surface area contributed by atoms with E-state index in [1.807, 2.05) is 24.3 Å². The number of hydrogen-bond acceptors (Lipinski definition) is 3. The van der Waals surface area contributed by atoms with Crippen LogP contribution in [0.5, 0.6) is 0 Å². The fourth-order valence-corrected chi connectivity index (χ4v) is 1.75. The van der Waals surface area contributed by atoms with E-state index in [1.54, 1.807) is 0 Å². The Bertz CT molecular complexity index is 406. The molecule has 1 amide bonds. The molecule has 17 heavy (non-hydrogen) atoms. The van der Waals surface area contributed by atoms with Crippen molar-refractivity contribution >= 4 is 27.8 Å². The second-order valence-corrected chi connectivity index (χ2v) is 4.40. The van der Waals surface area contributed by atoms with Gasteiger partial charge in [-0.15, -0.1) is 0 Å². The van der Waals surface area contributed by atoms with E-state index in [0.29, 0.717) is 6.54 Å². The first-order chi connectivity index (χ1) is 8.11. The highest BCUT2D eigenvalue weighted by Crippen LogP contribution is 2.11. The van der Waals surface area contributed by atoms with Gasteiger partial charge in [-0.1, -0.05) is 28.1 Å². The normalized spacial score (nSPS) is 9.76. The molecule has 0 aliphatic heterocycles. The van der Waals surface area contributed by atoms with Crippen molar-refractivity contribution in [1.82, 2.24) is 5.32 Å². The van der Waals surface area contributed by atoms with E-state index < -0.39 is 5.97 Å². The largest absolute Gasteiger partial charge is 0.469 e. The minimum atomic E-state index is -0.523. The third-order valence-electron chi connectivity index (χ3n) is 2.16. The van der Waals surface area contributed by atoms with Gasteiger partial charge in [0, 0.05) is 11.0 Å². The molecule has 1 N–H and O–H groups in total. The summed E-state index contributed by atoms with van der Waals surface area (Å²) in [4.78, 5) is 22.1. The molecule has 92 valence electrons. The highest BCUT2D eigenvalue weighted by molar-refractivity contribution is 9.10. The second-order valence-electron chi connectivity index (χ2n) is 3.48. The fraction of sp³-hybridized carbons (Fsp3) is 0.333. The van der Waals surface area contributed by atoms with Crippen LogP contribution in [0.15, 0.2) is 28.7 Å². The topological polar surface area (TPSA) is 55.4 Å². The first kappa shape index (κ1) is 13.7. The van der Waals surface area contributed by atoms with Crippen molar-refractivity contribution in [3.63, 3.8) is 0 Å². The molecule has 0 radical (unpaired) electrons. The molecule has 1 aromatic rings. The molecule has 1 rings (SSSR count). The smallest absolute Gasteiger partial charge is 0.315 e. The van der Waals surface area contributed by atoms with Crippen LogP contribution in [0.3, 0.4) is 0 Å². The maximum atomic E-state index is 11.2. The van der Waals surface area contributed by atoms with Crippen LogP contribution >= 0.6 is 15.9 Å². The minimum Gasteiger partial charge on any atom is -0.469 e. The maximum Gasteiger partial charge on any atom is 0.315 e. The van der Waals surface area contributed by atoms with Crippen molar-refractivity contribution < 1.29 is 14.3 Å². The van der Waals surface area contributed by atoms with Crippen LogP contribution in [-0.2, 0) is 20.7 Å². The predicted molar refractivity (Wildman–Crippen MR) is 67.5 cm³/mol. The monoisotopic (exact) mass is 299 g/mol. The number of ether oxygens (including phenoxy) is 1. The zero-order chi connectivity index (χ0) is 12.7. The number of esters is 1. The molecule has 5 heteroatoms.